The molecule has 3 rings (SSSR count). The largest absolute Gasteiger partial charge is 0.504 e. The van der Waals surface area contributed by atoms with Crippen molar-refractivity contribution in [3.63, 3.8) is 0 Å². The molecule has 4 atom stereocenters. The Balaban J connectivity index is 1.82. The molecule has 0 unspecified atom stereocenters. The normalized spacial score (nSPS) is 25.3. The molecule has 0 bridgehead atoms. The molecule has 0 heterocycles. The number of rotatable bonds is 7. The van der Waals surface area contributed by atoms with Gasteiger partial charge in [0, 0.05) is 25.0 Å². The van der Waals surface area contributed by atoms with Crippen molar-refractivity contribution in [3.8, 4) is 23.0 Å². The Morgan fingerprint density at radius 1 is 0.789 bits per heavy atom. The number of aliphatic hydroxyl groups excluding tert-OH is 1. The number of aliphatic hydroxyl groups is 3. The van der Waals surface area contributed by atoms with E-state index in [4.69, 9.17) is 9.47 Å². The van der Waals surface area contributed by atoms with Crippen LogP contribution < -0.4 is 0 Å². The summed E-state index contributed by atoms with van der Waals surface area (Å²) in [4.78, 5) is 36.4. The number of hydrogen-bond acceptors (Lipinski definition) is 12. The SMILES string of the molecule is O=C(/C=C/c1ccc(O)c(O)c1)O[C@@H]1C[C@@](O)(C(=O)O)C[C@@H](O)[C@]1(O)OC(=O)/C=C/c1ccc(O)c(O)c1. The number of carboxylic acids is 1. The number of benzene rings is 2. The van der Waals surface area contributed by atoms with Gasteiger partial charge in [0.15, 0.2) is 34.7 Å². The molecule has 1 fully saturated rings. The van der Waals surface area contributed by atoms with Crippen molar-refractivity contribution in [2.75, 3.05) is 0 Å². The highest BCUT2D eigenvalue weighted by molar-refractivity contribution is 5.88. The lowest BCUT2D eigenvalue weighted by atomic mass is 9.77. The third kappa shape index (κ3) is 6.21. The lowest BCUT2D eigenvalue weighted by Crippen LogP contribution is -2.66. The van der Waals surface area contributed by atoms with Crippen LogP contribution in [0.25, 0.3) is 12.2 Å². The van der Waals surface area contributed by atoms with Gasteiger partial charge in [-0.2, -0.15) is 0 Å². The Labute approximate surface area is 214 Å². The molecule has 8 N–H and O–H groups in total. The number of ether oxygens (including phenoxy) is 2. The zero-order valence-electron chi connectivity index (χ0n) is 19.5. The van der Waals surface area contributed by atoms with Crippen LogP contribution in [0.3, 0.4) is 0 Å². The monoisotopic (exact) mass is 532 g/mol. The van der Waals surface area contributed by atoms with Crippen LogP contribution >= 0.6 is 0 Å². The zero-order valence-corrected chi connectivity index (χ0v) is 19.5. The molecule has 13 heteroatoms. The van der Waals surface area contributed by atoms with Gasteiger partial charge >= 0.3 is 17.9 Å². The van der Waals surface area contributed by atoms with Crippen LogP contribution in [0.1, 0.15) is 24.0 Å². The van der Waals surface area contributed by atoms with Gasteiger partial charge in [0.05, 0.1) is 0 Å². The smallest absolute Gasteiger partial charge is 0.335 e. The van der Waals surface area contributed by atoms with Gasteiger partial charge in [-0.3, -0.25) is 0 Å². The van der Waals surface area contributed by atoms with E-state index in [9.17, 15) is 55.2 Å². The van der Waals surface area contributed by atoms with Crippen LogP contribution in [0.15, 0.2) is 48.6 Å². The predicted molar refractivity (Wildman–Crippen MR) is 126 cm³/mol. The van der Waals surface area contributed by atoms with E-state index < -0.39 is 77.3 Å². The number of aromatic hydroxyl groups is 4. The number of phenols is 4. The van der Waals surface area contributed by atoms with Crippen LogP contribution in [0.5, 0.6) is 23.0 Å². The summed E-state index contributed by atoms with van der Waals surface area (Å²) in [5, 5.41) is 79.0. The number of phenolic OH excluding ortho intramolecular Hbond substituents is 4. The molecule has 2 aromatic rings. The van der Waals surface area contributed by atoms with Crippen LogP contribution in [-0.4, -0.2) is 82.4 Å². The molecule has 0 aliphatic heterocycles. The predicted octanol–water partition coefficient (Wildman–Crippen LogP) is 0.350. The van der Waals surface area contributed by atoms with E-state index in [0.29, 0.717) is 0 Å². The van der Waals surface area contributed by atoms with E-state index in [-0.39, 0.29) is 11.1 Å². The molecule has 38 heavy (non-hydrogen) atoms. The molecule has 0 saturated heterocycles. The third-order valence-electron chi connectivity index (χ3n) is 5.74. The number of aliphatic carboxylic acids is 1. The topological polar surface area (TPSA) is 232 Å². The summed E-state index contributed by atoms with van der Waals surface area (Å²) in [6.07, 6.45) is -2.32. The summed E-state index contributed by atoms with van der Waals surface area (Å²) in [5.74, 6) is -8.98. The average Bonchev–Trinajstić information content (AvgIpc) is 2.84. The quantitative estimate of drug-likeness (QED) is 0.104. The van der Waals surface area contributed by atoms with Crippen LogP contribution in [0.2, 0.25) is 0 Å². The van der Waals surface area contributed by atoms with Gasteiger partial charge in [-0.1, -0.05) is 12.1 Å². The minimum atomic E-state index is -2.97. The van der Waals surface area contributed by atoms with Crippen LogP contribution in [0, 0.1) is 0 Å². The van der Waals surface area contributed by atoms with Crippen molar-refractivity contribution >= 4 is 30.1 Å². The molecule has 13 nitrogen and oxygen atoms in total. The van der Waals surface area contributed by atoms with Crippen molar-refractivity contribution < 1.29 is 64.7 Å². The highest BCUT2D eigenvalue weighted by atomic mass is 16.7. The Bertz CT molecular complexity index is 1300. The molecule has 202 valence electrons. The number of carboxylic acid groups (broad SMARTS) is 1. The summed E-state index contributed by atoms with van der Waals surface area (Å²) < 4.78 is 10.0. The molecule has 0 amide bonds. The molecule has 1 aliphatic rings. The summed E-state index contributed by atoms with van der Waals surface area (Å²) in [6, 6.07) is 7.20. The van der Waals surface area contributed by atoms with Gasteiger partial charge in [0.2, 0.25) is 0 Å². The molecule has 2 aromatic carbocycles. The van der Waals surface area contributed by atoms with E-state index in [2.05, 4.69) is 0 Å². The third-order valence-corrected chi connectivity index (χ3v) is 5.74. The minimum absolute atomic E-state index is 0.238. The summed E-state index contributed by atoms with van der Waals surface area (Å²) in [5.41, 5.74) is -2.16. The van der Waals surface area contributed by atoms with E-state index >= 15 is 0 Å². The highest BCUT2D eigenvalue weighted by Crippen LogP contribution is 2.39. The van der Waals surface area contributed by atoms with Gasteiger partial charge in [-0.05, 0) is 47.5 Å². The van der Waals surface area contributed by atoms with Gasteiger partial charge in [-0.25, -0.2) is 14.4 Å². The first-order valence-electron chi connectivity index (χ1n) is 10.9. The fourth-order valence-electron chi connectivity index (χ4n) is 3.64. The fraction of sp³-hybridized carbons (Fsp3) is 0.240. The highest BCUT2D eigenvalue weighted by Gasteiger charge is 2.61. The standard InChI is InChI=1S/C25H24O13/c26-15-5-1-13(9-17(15)28)3-7-21(31)37-20-12-24(35,23(33)34)11-19(30)25(20,36)38-22(32)8-4-14-2-6-16(27)18(29)10-14/h1-10,19-20,26-30,35-36H,11-12H2,(H,33,34)/b7-3+,8-4+/t19-,20-,24-,25+/m1/s1. The number of hydrogen-bond donors (Lipinski definition) is 8. The Hall–Kier alpha value is -4.59. The maximum Gasteiger partial charge on any atom is 0.335 e. The van der Waals surface area contributed by atoms with E-state index in [0.717, 1.165) is 48.6 Å². The second-order valence-corrected chi connectivity index (χ2v) is 8.52. The minimum Gasteiger partial charge on any atom is -0.504 e. The Morgan fingerprint density at radius 3 is 1.76 bits per heavy atom. The van der Waals surface area contributed by atoms with Gasteiger partial charge in [-0.15, -0.1) is 0 Å². The van der Waals surface area contributed by atoms with Crippen molar-refractivity contribution in [2.24, 2.45) is 0 Å². The first-order valence-corrected chi connectivity index (χ1v) is 10.9. The second-order valence-electron chi connectivity index (χ2n) is 8.52. The van der Waals surface area contributed by atoms with Crippen molar-refractivity contribution in [2.45, 2.75) is 36.4 Å². The van der Waals surface area contributed by atoms with Gasteiger partial charge in [0.1, 0.15) is 6.10 Å². The first-order chi connectivity index (χ1) is 17.7. The van der Waals surface area contributed by atoms with Crippen molar-refractivity contribution in [3.05, 3.63) is 59.7 Å². The maximum atomic E-state index is 12.4. The fourth-order valence-corrected chi connectivity index (χ4v) is 3.64. The molecule has 1 saturated carbocycles. The molecular formula is C25H24O13. The lowest BCUT2D eigenvalue weighted by Gasteiger charge is -2.45. The van der Waals surface area contributed by atoms with Crippen molar-refractivity contribution in [1.29, 1.82) is 0 Å². The number of esters is 2. The Morgan fingerprint density at radius 2 is 1.29 bits per heavy atom. The first kappa shape index (κ1) is 28.0. The molecule has 0 radical (unpaired) electrons. The molecule has 1 aliphatic carbocycles. The van der Waals surface area contributed by atoms with Gasteiger partial charge in [0.25, 0.3) is 5.79 Å². The zero-order chi connectivity index (χ0) is 28.3. The number of carbonyl (C=O) groups is 3. The average molecular weight is 532 g/mol. The summed E-state index contributed by atoms with van der Waals surface area (Å²) >= 11 is 0. The van der Waals surface area contributed by atoms with Crippen molar-refractivity contribution in [1.82, 2.24) is 0 Å². The lowest BCUT2D eigenvalue weighted by molar-refractivity contribution is -0.314. The Kier molecular flexibility index (Phi) is 7.96. The van der Waals surface area contributed by atoms with Crippen LogP contribution in [-0.2, 0) is 23.9 Å². The molecule has 0 spiro atoms. The maximum absolute atomic E-state index is 12.4. The second kappa shape index (κ2) is 10.8. The summed E-state index contributed by atoms with van der Waals surface area (Å²) in [6.45, 7) is 0. The number of carbonyl (C=O) groups excluding carboxylic acids is 2. The summed E-state index contributed by atoms with van der Waals surface area (Å²) in [7, 11) is 0. The van der Waals surface area contributed by atoms with Crippen LogP contribution in [0.4, 0.5) is 0 Å². The van der Waals surface area contributed by atoms with E-state index in [1.807, 2.05) is 0 Å². The van der Waals surface area contributed by atoms with E-state index in [1.165, 1.54) is 12.1 Å². The van der Waals surface area contributed by atoms with E-state index in [1.54, 1.807) is 0 Å². The molecular weight excluding hydrogens is 508 g/mol. The van der Waals surface area contributed by atoms with Gasteiger partial charge < -0.3 is 50.3 Å². The molecule has 0 aromatic heterocycles.